The van der Waals surface area contributed by atoms with Gasteiger partial charge in [0.25, 0.3) is 0 Å². The lowest BCUT2D eigenvalue weighted by molar-refractivity contribution is 0.669. The first-order valence-corrected chi connectivity index (χ1v) is 26.3. The summed E-state index contributed by atoms with van der Waals surface area (Å²) in [7, 11) is -3.10. The van der Waals surface area contributed by atoms with E-state index in [1.165, 1.54) is 42.8 Å². The molecule has 0 spiro atoms. The lowest BCUT2D eigenvalue weighted by Gasteiger charge is -2.44. The van der Waals surface area contributed by atoms with Crippen molar-refractivity contribution < 1.29 is 4.42 Å². The Bertz CT molecular complexity index is 4070. The Morgan fingerprint density at radius 1 is 0.380 bits per heavy atom. The maximum Gasteiger partial charge on any atom is 0.186 e. The molecule has 3 heterocycles. The third kappa shape index (κ3) is 6.37. The van der Waals surface area contributed by atoms with Gasteiger partial charge in [-0.2, -0.15) is 0 Å². The average molecular weight is 924 g/mol. The minimum Gasteiger partial charge on any atom is -0.456 e. The summed E-state index contributed by atoms with van der Waals surface area (Å²) in [6.07, 6.45) is 0. The van der Waals surface area contributed by atoms with Crippen molar-refractivity contribution in [1.82, 2.24) is 4.57 Å². The summed E-state index contributed by atoms with van der Waals surface area (Å²) in [6, 6.07) is 100.0. The minimum atomic E-state index is -3.10. The summed E-state index contributed by atoms with van der Waals surface area (Å²) >= 11 is 0. The molecule has 71 heavy (non-hydrogen) atoms. The number of para-hydroxylation sites is 3. The van der Waals surface area contributed by atoms with Crippen molar-refractivity contribution in [3.8, 4) is 16.8 Å². The van der Waals surface area contributed by atoms with Gasteiger partial charge in [0.1, 0.15) is 17.0 Å². The Labute approximate surface area is 413 Å². The lowest BCUT2D eigenvalue weighted by Crippen LogP contribution is -2.77. The number of fused-ring (bicyclic) bond motifs is 8. The van der Waals surface area contributed by atoms with E-state index in [1.807, 2.05) is 0 Å². The second-order valence-electron chi connectivity index (χ2n) is 18.4. The molecule has 0 bridgehead atoms. The topological polar surface area (TPSA) is 24.6 Å². The van der Waals surface area contributed by atoms with Crippen molar-refractivity contribution in [3.05, 3.63) is 273 Å². The molecule has 1 aliphatic rings. The van der Waals surface area contributed by atoms with E-state index in [0.717, 1.165) is 72.7 Å². The Morgan fingerprint density at radius 3 is 1.65 bits per heavy atom. The van der Waals surface area contributed by atoms with Gasteiger partial charge in [-0.1, -0.05) is 194 Å². The predicted molar refractivity (Wildman–Crippen MR) is 300 cm³/mol. The van der Waals surface area contributed by atoms with Crippen LogP contribution in [-0.2, 0) is 0 Å². The highest BCUT2D eigenvalue weighted by molar-refractivity contribution is 7.22. The lowest BCUT2D eigenvalue weighted by atomic mass is 10.0. The quantitative estimate of drug-likeness (QED) is 0.142. The van der Waals surface area contributed by atoms with E-state index < -0.39 is 8.07 Å². The van der Waals surface area contributed by atoms with E-state index in [9.17, 15) is 0 Å². The Balaban J connectivity index is 1.09. The molecule has 0 radical (unpaired) electrons. The van der Waals surface area contributed by atoms with Crippen molar-refractivity contribution >= 4 is 107 Å². The summed E-state index contributed by atoms with van der Waals surface area (Å²) in [6.45, 7) is 0. The van der Waals surface area contributed by atoms with Gasteiger partial charge in [-0.05, 0) is 105 Å². The van der Waals surface area contributed by atoms with Crippen molar-refractivity contribution in [2.24, 2.45) is 0 Å². The zero-order valence-corrected chi connectivity index (χ0v) is 39.7. The van der Waals surface area contributed by atoms with Crippen molar-refractivity contribution in [2.45, 2.75) is 0 Å². The molecular weight excluding hydrogens is 879 g/mol. The molecule has 0 saturated carbocycles. The van der Waals surface area contributed by atoms with Crippen LogP contribution in [0.4, 0.5) is 34.3 Å². The zero-order chi connectivity index (χ0) is 46.9. The van der Waals surface area contributed by atoms with Gasteiger partial charge in [-0.15, -0.1) is 0 Å². The monoisotopic (exact) mass is 923 g/mol. The molecule has 0 fully saturated rings. The summed E-state index contributed by atoms with van der Waals surface area (Å²) in [5.74, 6) is 1.16. The van der Waals surface area contributed by atoms with E-state index in [0.29, 0.717) is 0 Å². The first-order chi connectivity index (χ1) is 35.2. The van der Waals surface area contributed by atoms with Gasteiger partial charge in [0.05, 0.1) is 11.2 Å². The molecule has 2 aromatic heterocycles. The number of anilines is 6. The SMILES string of the molecule is c1ccc(-c2ccc3c(c2)oc2cc(N(c4ccc5c6c(n(-c7ccccc7)c5c4)N(c4ccccc4)c4ccccc4[Si]6(c4ccccc4)c4ccccc4)c4cccc5ccccc45)ccc23)cc1. The maximum atomic E-state index is 6.83. The van der Waals surface area contributed by atoms with Crippen LogP contribution in [-0.4, -0.2) is 12.6 Å². The first-order valence-electron chi connectivity index (χ1n) is 24.3. The molecular formula is C66H45N3OSi. The smallest absolute Gasteiger partial charge is 0.186 e. The Hall–Kier alpha value is -9.16. The third-order valence-electron chi connectivity index (χ3n) is 14.6. The largest absolute Gasteiger partial charge is 0.456 e. The van der Waals surface area contributed by atoms with E-state index in [2.05, 4.69) is 287 Å². The molecule has 0 aliphatic carbocycles. The summed E-state index contributed by atoms with van der Waals surface area (Å²) in [5, 5.41) is 11.2. The molecule has 0 atom stereocenters. The van der Waals surface area contributed by atoms with Crippen LogP contribution in [0.15, 0.2) is 277 Å². The number of aromatic nitrogens is 1. The molecule has 0 unspecified atom stereocenters. The van der Waals surface area contributed by atoms with Gasteiger partial charge in [0.15, 0.2) is 8.07 Å². The van der Waals surface area contributed by atoms with Gasteiger partial charge in [-0.25, -0.2) is 0 Å². The van der Waals surface area contributed by atoms with Crippen LogP contribution in [0.25, 0.3) is 60.4 Å². The number of hydrogen-bond acceptors (Lipinski definition) is 3. The van der Waals surface area contributed by atoms with Gasteiger partial charge < -0.3 is 9.32 Å². The van der Waals surface area contributed by atoms with E-state index in [4.69, 9.17) is 4.42 Å². The highest BCUT2D eigenvalue weighted by Crippen LogP contribution is 2.47. The molecule has 0 N–H and O–H groups in total. The fourth-order valence-corrected chi connectivity index (χ4v) is 16.9. The number of benzene rings is 11. The Morgan fingerprint density at radius 2 is 0.930 bits per heavy atom. The van der Waals surface area contributed by atoms with Crippen LogP contribution in [0.2, 0.25) is 0 Å². The summed E-state index contributed by atoms with van der Waals surface area (Å²) < 4.78 is 9.37. The molecule has 0 amide bonds. The number of rotatable bonds is 8. The number of furan rings is 1. The van der Waals surface area contributed by atoms with Gasteiger partial charge in [-0.3, -0.25) is 9.47 Å². The average Bonchev–Trinajstić information content (AvgIpc) is 3.99. The fraction of sp³-hybridized carbons (Fsp3) is 0. The van der Waals surface area contributed by atoms with Crippen molar-refractivity contribution in [1.29, 1.82) is 0 Å². The van der Waals surface area contributed by atoms with Crippen molar-refractivity contribution in [3.63, 3.8) is 0 Å². The van der Waals surface area contributed by atoms with Crippen LogP contribution >= 0.6 is 0 Å². The molecule has 334 valence electrons. The van der Waals surface area contributed by atoms with Crippen LogP contribution in [0.5, 0.6) is 0 Å². The van der Waals surface area contributed by atoms with Gasteiger partial charge in [0.2, 0.25) is 0 Å². The highest BCUT2D eigenvalue weighted by Gasteiger charge is 2.52. The predicted octanol–water partition coefficient (Wildman–Crippen LogP) is 15.0. The first kappa shape index (κ1) is 40.9. The molecule has 0 saturated heterocycles. The second-order valence-corrected chi connectivity index (χ2v) is 22.1. The van der Waals surface area contributed by atoms with Crippen LogP contribution in [0.3, 0.4) is 0 Å². The van der Waals surface area contributed by atoms with Gasteiger partial charge >= 0.3 is 0 Å². The van der Waals surface area contributed by atoms with E-state index in [1.54, 1.807) is 0 Å². The molecule has 13 aromatic rings. The molecule has 11 aromatic carbocycles. The molecule has 1 aliphatic heterocycles. The van der Waals surface area contributed by atoms with E-state index in [-0.39, 0.29) is 0 Å². The number of nitrogens with zero attached hydrogens (tertiary/aromatic N) is 3. The fourth-order valence-electron chi connectivity index (χ4n) is 11.6. The number of hydrogen-bond donors (Lipinski definition) is 0. The molecule has 4 nitrogen and oxygen atoms in total. The third-order valence-corrected chi connectivity index (χ3v) is 19.5. The van der Waals surface area contributed by atoms with Crippen LogP contribution in [0, 0.1) is 0 Å². The van der Waals surface area contributed by atoms with Crippen LogP contribution in [0.1, 0.15) is 0 Å². The van der Waals surface area contributed by atoms with E-state index >= 15 is 0 Å². The normalized spacial score (nSPS) is 12.9. The highest BCUT2D eigenvalue weighted by atomic mass is 28.3. The van der Waals surface area contributed by atoms with Gasteiger partial charge in [0, 0.05) is 61.2 Å². The van der Waals surface area contributed by atoms with Crippen LogP contribution < -0.4 is 30.5 Å². The standard InChI is InChI=1S/C66H45N3OSi/c1-6-21-46(22-7-1)48-37-40-56-57-41-38-52(45-63(57)70-62(56)43-48)67(59-35-20-24-47-23-16-17-33-55(47)59)51-39-42-58-61(44-51)69(50-27-10-3-11-28-50)66-65(58)71(53-29-12-4-13-30-53,54-31-14-5-15-32-54)64-36-19-18-34-60(64)68(66)49-25-8-2-9-26-49/h1-45H. The maximum absolute atomic E-state index is 6.83. The molecule has 14 rings (SSSR count). The zero-order valence-electron chi connectivity index (χ0n) is 38.7. The van der Waals surface area contributed by atoms with Crippen molar-refractivity contribution in [2.75, 3.05) is 9.80 Å². The second kappa shape index (κ2) is 16.5. The Kier molecular flexibility index (Phi) is 9.51. The summed E-state index contributed by atoms with van der Waals surface area (Å²) in [5.41, 5.74) is 11.7. The minimum absolute atomic E-state index is 0.843. The molecule has 5 heteroatoms. The summed E-state index contributed by atoms with van der Waals surface area (Å²) in [4.78, 5) is 4.95.